The molecule has 3 amide bonds. The fourth-order valence-corrected chi connectivity index (χ4v) is 1.99. The van der Waals surface area contributed by atoms with Crippen molar-refractivity contribution in [3.05, 3.63) is 27.7 Å². The Labute approximate surface area is 131 Å². The number of ether oxygens (including phenoxy) is 1. The van der Waals surface area contributed by atoms with Crippen LogP contribution in [0, 0.1) is 0 Å². The van der Waals surface area contributed by atoms with E-state index in [9.17, 15) is 9.59 Å². The van der Waals surface area contributed by atoms with Crippen LogP contribution in [0.15, 0.2) is 22.7 Å². The second-order valence-corrected chi connectivity index (χ2v) is 5.52. The predicted octanol–water partition coefficient (Wildman–Crippen LogP) is 3.11. The van der Waals surface area contributed by atoms with Gasteiger partial charge in [0, 0.05) is 10.5 Å². The van der Waals surface area contributed by atoms with Gasteiger partial charge in [-0.05, 0) is 31.5 Å². The molecule has 7 heteroatoms. The van der Waals surface area contributed by atoms with Gasteiger partial charge in [0.15, 0.2) is 6.61 Å². The summed E-state index contributed by atoms with van der Waals surface area (Å²) in [5.74, 6) is -0.155. The van der Waals surface area contributed by atoms with Crippen LogP contribution in [0.1, 0.15) is 20.3 Å². The second-order valence-electron chi connectivity index (χ2n) is 4.19. The van der Waals surface area contributed by atoms with Gasteiger partial charge in [-0.25, -0.2) is 4.79 Å². The number of amides is 3. The molecule has 0 aliphatic carbocycles. The Bertz CT molecular complexity index is 497. The normalized spacial score (nSPS) is 11.6. The van der Waals surface area contributed by atoms with Crippen LogP contribution >= 0.6 is 27.5 Å². The van der Waals surface area contributed by atoms with Crippen LogP contribution in [0.3, 0.4) is 0 Å². The minimum Gasteiger partial charge on any atom is -0.482 e. The molecule has 0 spiro atoms. The summed E-state index contributed by atoms with van der Waals surface area (Å²) in [6.45, 7) is 3.50. The lowest BCUT2D eigenvalue weighted by Crippen LogP contribution is -2.44. The van der Waals surface area contributed by atoms with Gasteiger partial charge in [0.2, 0.25) is 0 Å². The number of rotatable bonds is 5. The fraction of sp³-hybridized carbons (Fsp3) is 0.385. The number of benzene rings is 1. The standard InChI is InChI=1S/C13H16BrClN2O3/c1-3-8(2)16-13(19)17-12(18)7-20-11-5-4-9(14)6-10(11)15/h4-6,8H,3,7H2,1-2H3,(H2,16,17,18,19)/t8-/m1/s1. The van der Waals surface area contributed by atoms with Gasteiger partial charge in [-0.2, -0.15) is 0 Å². The maximum atomic E-state index is 11.5. The van der Waals surface area contributed by atoms with Crippen LogP contribution in [0.25, 0.3) is 0 Å². The van der Waals surface area contributed by atoms with Crippen molar-refractivity contribution in [1.29, 1.82) is 0 Å². The van der Waals surface area contributed by atoms with Crippen molar-refractivity contribution in [2.24, 2.45) is 0 Å². The smallest absolute Gasteiger partial charge is 0.321 e. The van der Waals surface area contributed by atoms with Crippen molar-refractivity contribution < 1.29 is 14.3 Å². The molecule has 1 atom stereocenters. The molecule has 1 aromatic carbocycles. The average molecular weight is 364 g/mol. The molecule has 20 heavy (non-hydrogen) atoms. The Balaban J connectivity index is 2.41. The van der Waals surface area contributed by atoms with Crippen molar-refractivity contribution in [2.45, 2.75) is 26.3 Å². The summed E-state index contributed by atoms with van der Waals surface area (Å²) in [5.41, 5.74) is 0. The molecule has 0 aromatic heterocycles. The summed E-state index contributed by atoms with van der Waals surface area (Å²) in [7, 11) is 0. The molecule has 2 N–H and O–H groups in total. The highest BCUT2D eigenvalue weighted by Gasteiger charge is 2.11. The zero-order valence-electron chi connectivity index (χ0n) is 11.2. The summed E-state index contributed by atoms with van der Waals surface area (Å²) in [6, 6.07) is 4.51. The molecule has 0 bridgehead atoms. The monoisotopic (exact) mass is 362 g/mol. The first-order valence-electron chi connectivity index (χ1n) is 6.10. The van der Waals surface area contributed by atoms with Crippen LogP contribution in [0.5, 0.6) is 5.75 Å². The number of hydrogen-bond acceptors (Lipinski definition) is 3. The quantitative estimate of drug-likeness (QED) is 0.844. The summed E-state index contributed by atoms with van der Waals surface area (Å²) in [4.78, 5) is 22.9. The van der Waals surface area contributed by atoms with E-state index in [0.29, 0.717) is 10.8 Å². The Morgan fingerprint density at radius 2 is 2.15 bits per heavy atom. The third-order valence-electron chi connectivity index (χ3n) is 2.50. The summed E-state index contributed by atoms with van der Waals surface area (Å²) in [6.07, 6.45) is 0.784. The minimum absolute atomic E-state index is 0.00429. The molecule has 0 fully saturated rings. The fourth-order valence-electron chi connectivity index (χ4n) is 1.26. The highest BCUT2D eigenvalue weighted by molar-refractivity contribution is 9.10. The van der Waals surface area contributed by atoms with E-state index in [1.807, 2.05) is 13.8 Å². The van der Waals surface area contributed by atoms with Gasteiger partial charge in [-0.1, -0.05) is 34.5 Å². The van der Waals surface area contributed by atoms with Gasteiger partial charge in [-0.3, -0.25) is 10.1 Å². The first kappa shape index (κ1) is 16.8. The molecular weight excluding hydrogens is 348 g/mol. The molecule has 110 valence electrons. The van der Waals surface area contributed by atoms with E-state index in [0.717, 1.165) is 10.9 Å². The third-order valence-corrected chi connectivity index (χ3v) is 3.28. The number of imide groups is 1. The molecular formula is C13H16BrClN2O3. The summed E-state index contributed by atoms with van der Waals surface area (Å²) < 4.78 is 6.05. The van der Waals surface area contributed by atoms with Gasteiger partial charge >= 0.3 is 6.03 Å². The molecule has 1 rings (SSSR count). The van der Waals surface area contributed by atoms with Gasteiger partial charge in [0.1, 0.15) is 5.75 Å². The van der Waals surface area contributed by atoms with Crippen molar-refractivity contribution in [3.63, 3.8) is 0 Å². The van der Waals surface area contributed by atoms with E-state index < -0.39 is 11.9 Å². The van der Waals surface area contributed by atoms with E-state index in [-0.39, 0.29) is 12.6 Å². The van der Waals surface area contributed by atoms with Gasteiger partial charge in [0.25, 0.3) is 5.91 Å². The number of hydrogen-bond donors (Lipinski definition) is 2. The highest BCUT2D eigenvalue weighted by Crippen LogP contribution is 2.27. The molecule has 0 aliphatic heterocycles. The lowest BCUT2D eigenvalue weighted by molar-refractivity contribution is -0.122. The SMILES string of the molecule is CC[C@@H](C)NC(=O)NC(=O)COc1ccc(Br)cc1Cl. The van der Waals surface area contributed by atoms with Crippen molar-refractivity contribution in [1.82, 2.24) is 10.6 Å². The molecule has 0 saturated heterocycles. The lowest BCUT2D eigenvalue weighted by atomic mass is 10.3. The zero-order valence-corrected chi connectivity index (χ0v) is 13.5. The van der Waals surface area contributed by atoms with E-state index in [1.54, 1.807) is 18.2 Å². The van der Waals surface area contributed by atoms with Crippen LogP contribution in [-0.2, 0) is 4.79 Å². The van der Waals surface area contributed by atoms with E-state index in [2.05, 4.69) is 26.6 Å². The number of urea groups is 1. The maximum absolute atomic E-state index is 11.5. The largest absolute Gasteiger partial charge is 0.482 e. The molecule has 0 heterocycles. The maximum Gasteiger partial charge on any atom is 0.321 e. The average Bonchev–Trinajstić information content (AvgIpc) is 2.37. The van der Waals surface area contributed by atoms with Crippen molar-refractivity contribution in [2.75, 3.05) is 6.61 Å². The van der Waals surface area contributed by atoms with Crippen LogP contribution < -0.4 is 15.4 Å². The van der Waals surface area contributed by atoms with E-state index in [1.165, 1.54) is 0 Å². The number of halogens is 2. The van der Waals surface area contributed by atoms with Crippen LogP contribution in [-0.4, -0.2) is 24.6 Å². The van der Waals surface area contributed by atoms with E-state index >= 15 is 0 Å². The molecule has 0 unspecified atom stereocenters. The first-order chi connectivity index (χ1) is 9.42. The molecule has 0 saturated carbocycles. The van der Waals surface area contributed by atoms with Gasteiger partial charge in [0.05, 0.1) is 5.02 Å². The molecule has 1 aromatic rings. The second kappa shape index (κ2) is 8.11. The Hall–Kier alpha value is -1.27. The van der Waals surface area contributed by atoms with E-state index in [4.69, 9.17) is 16.3 Å². The molecule has 5 nitrogen and oxygen atoms in total. The molecule has 0 radical (unpaired) electrons. The highest BCUT2D eigenvalue weighted by atomic mass is 79.9. The van der Waals surface area contributed by atoms with Crippen molar-refractivity contribution >= 4 is 39.5 Å². The summed E-state index contributed by atoms with van der Waals surface area (Å²) >= 11 is 9.21. The zero-order chi connectivity index (χ0) is 15.1. The topological polar surface area (TPSA) is 67.4 Å². The van der Waals surface area contributed by atoms with Crippen LogP contribution in [0.2, 0.25) is 5.02 Å². The van der Waals surface area contributed by atoms with Crippen LogP contribution in [0.4, 0.5) is 4.79 Å². The van der Waals surface area contributed by atoms with Gasteiger partial charge in [-0.15, -0.1) is 0 Å². The Kier molecular flexibility index (Phi) is 6.81. The lowest BCUT2D eigenvalue weighted by Gasteiger charge is -2.12. The van der Waals surface area contributed by atoms with Crippen molar-refractivity contribution in [3.8, 4) is 5.75 Å². The minimum atomic E-state index is -0.537. The number of nitrogens with one attached hydrogen (secondary N) is 2. The third kappa shape index (κ3) is 5.79. The number of carbonyl (C=O) groups excluding carboxylic acids is 2. The number of carbonyl (C=O) groups is 2. The Morgan fingerprint density at radius 3 is 2.75 bits per heavy atom. The molecule has 0 aliphatic rings. The van der Waals surface area contributed by atoms with Gasteiger partial charge < -0.3 is 10.1 Å². The first-order valence-corrected chi connectivity index (χ1v) is 7.27. The summed E-state index contributed by atoms with van der Waals surface area (Å²) in [5, 5.41) is 5.18. The predicted molar refractivity (Wildman–Crippen MR) is 81.1 cm³/mol. The Morgan fingerprint density at radius 1 is 1.45 bits per heavy atom.